The van der Waals surface area contributed by atoms with E-state index in [9.17, 15) is 24.0 Å². The highest BCUT2D eigenvalue weighted by Crippen LogP contribution is 2.49. The number of imide groups is 2. The molecule has 0 radical (unpaired) electrons. The van der Waals surface area contributed by atoms with Gasteiger partial charge in [-0.15, -0.1) is 23.2 Å². The van der Waals surface area contributed by atoms with E-state index in [-0.39, 0.29) is 53.2 Å². The molecule has 5 aliphatic rings. The Hall–Kier alpha value is -0.770. The molecule has 3 heterocycles. The molecule has 4 atom stereocenters. The lowest BCUT2D eigenvalue weighted by Crippen LogP contribution is -2.31. The maximum absolute atomic E-state index is 12.1. The molecule has 6 amide bonds. The second-order valence-electron chi connectivity index (χ2n) is 10.2. The number of alkyl halides is 7. The van der Waals surface area contributed by atoms with E-state index in [4.69, 9.17) is 91.1 Å². The number of amides is 6. The van der Waals surface area contributed by atoms with Crippen LogP contribution in [0.4, 0.5) is 4.79 Å². The molecule has 0 saturated carbocycles. The summed E-state index contributed by atoms with van der Waals surface area (Å²) in [5.74, 6) is -2.03. The number of hydrogen-bond acceptors (Lipinski definition) is 8. The quantitative estimate of drug-likeness (QED) is 0.121. The van der Waals surface area contributed by atoms with Crippen LogP contribution in [0, 0.1) is 23.7 Å². The monoisotopic (exact) mass is 820 g/mol. The lowest BCUT2D eigenvalue weighted by atomic mass is 9.85. The number of nitrogens with one attached hydrogen (secondary N) is 1. The van der Waals surface area contributed by atoms with Crippen LogP contribution in [0.15, 0.2) is 24.3 Å². The van der Waals surface area contributed by atoms with Crippen LogP contribution in [0.5, 0.6) is 0 Å². The van der Waals surface area contributed by atoms with Gasteiger partial charge in [-0.3, -0.25) is 24.0 Å². The van der Waals surface area contributed by atoms with E-state index in [0.717, 1.165) is 34.4 Å². The highest BCUT2D eigenvalue weighted by atomic mass is 35.6. The van der Waals surface area contributed by atoms with Crippen molar-refractivity contribution in [3.8, 4) is 0 Å². The van der Waals surface area contributed by atoms with Gasteiger partial charge in [0.05, 0.1) is 23.7 Å². The summed E-state index contributed by atoms with van der Waals surface area (Å²) < 4.78 is -1.32. The van der Waals surface area contributed by atoms with E-state index in [0.29, 0.717) is 49.6 Å². The number of carboxylic acid groups (broad SMARTS) is 1. The van der Waals surface area contributed by atoms with E-state index in [1.165, 1.54) is 6.42 Å². The molecule has 3 fully saturated rings. The van der Waals surface area contributed by atoms with Gasteiger partial charge in [-0.05, 0) is 38.5 Å². The second kappa shape index (κ2) is 18.8. The number of fused-ring (bicyclic) bond motifs is 2. The summed E-state index contributed by atoms with van der Waals surface area (Å²) in [6, 6.07) is 0. The van der Waals surface area contributed by atoms with Crippen molar-refractivity contribution in [1.82, 2.24) is 13.9 Å². The van der Waals surface area contributed by atoms with Crippen molar-refractivity contribution in [2.45, 2.75) is 63.0 Å². The fraction of sp³-hybridized carbons (Fsp3) is 0.615. The van der Waals surface area contributed by atoms with Crippen molar-refractivity contribution < 1.29 is 33.9 Å². The molecule has 258 valence electrons. The van der Waals surface area contributed by atoms with Gasteiger partial charge in [-0.25, -0.2) is 13.4 Å². The van der Waals surface area contributed by atoms with Gasteiger partial charge in [0.25, 0.3) is 3.12 Å². The number of halogens is 7. The number of carbonyl (C=O) groups is 6. The Morgan fingerprint density at radius 3 is 1.48 bits per heavy atom. The summed E-state index contributed by atoms with van der Waals surface area (Å²) in [6.07, 6.45) is 12.8. The lowest BCUT2D eigenvalue weighted by Gasteiger charge is -2.24. The number of allylic oxidation sites excluding steroid dienone is 4. The standard InChI is InChI=1S/C10H9Cl4NO2S.C9H8Cl3NO2S.C6H11NO.CH3NO2/c11-9(12)10(13,14)18-15-7(16)5-3-1-2-4-6(5)8(15)17;10-9(11,12)16-13-7(14)5-3-1-2-4-6(5)8(13)15;8-6-4-2-1-3-5-7-6;2-1(3)4/h1-2,5-6,9H,3-4H2;1-2,5-6H,3-4H2;1-5H2,(H,7,8);2H2,(H,3,4). The zero-order valence-electron chi connectivity index (χ0n) is 23.9. The third kappa shape index (κ3) is 12.6. The Balaban J connectivity index is 0.000000239. The van der Waals surface area contributed by atoms with Crippen LogP contribution in [-0.4, -0.2) is 67.5 Å². The summed E-state index contributed by atoms with van der Waals surface area (Å²) in [6.45, 7) is 0.888. The summed E-state index contributed by atoms with van der Waals surface area (Å²) in [5, 5.41) is 10.0. The number of primary amides is 1. The maximum atomic E-state index is 12.1. The first-order valence-corrected chi connectivity index (χ1v) is 18.1. The van der Waals surface area contributed by atoms with E-state index in [1.54, 1.807) is 0 Å². The van der Waals surface area contributed by atoms with Crippen LogP contribution >= 0.6 is 105 Å². The summed E-state index contributed by atoms with van der Waals surface area (Å²) >= 11 is 41.0. The Morgan fingerprint density at radius 1 is 0.761 bits per heavy atom. The van der Waals surface area contributed by atoms with Crippen LogP contribution in [0.25, 0.3) is 0 Å². The Labute approximate surface area is 309 Å². The minimum absolute atomic E-state index is 0.225. The molecule has 3 aliphatic heterocycles. The normalized spacial score (nSPS) is 25.7. The number of nitrogens with zero attached hydrogens (tertiary/aromatic N) is 2. The van der Waals surface area contributed by atoms with Crippen LogP contribution in [0.3, 0.4) is 0 Å². The first-order chi connectivity index (χ1) is 21.4. The van der Waals surface area contributed by atoms with Crippen LogP contribution < -0.4 is 11.1 Å². The third-order valence-corrected chi connectivity index (χ3v) is 11.6. The summed E-state index contributed by atoms with van der Waals surface area (Å²) in [5.41, 5.74) is 4.03. The highest BCUT2D eigenvalue weighted by molar-refractivity contribution is 8.03. The predicted molar refractivity (Wildman–Crippen MR) is 184 cm³/mol. The first-order valence-electron chi connectivity index (χ1n) is 13.8. The average Bonchev–Trinajstić information content (AvgIpc) is 3.20. The van der Waals surface area contributed by atoms with Gasteiger partial charge >= 0.3 is 6.09 Å². The fourth-order valence-electron chi connectivity index (χ4n) is 4.89. The second-order valence-corrected chi connectivity index (χ2v) is 18.5. The Bertz CT molecular complexity index is 1150. The zero-order valence-corrected chi connectivity index (χ0v) is 30.8. The van der Waals surface area contributed by atoms with Gasteiger partial charge in [-0.2, -0.15) is 0 Å². The molecule has 4 N–H and O–H groups in total. The first kappa shape index (κ1) is 41.4. The van der Waals surface area contributed by atoms with Crippen molar-refractivity contribution in [2.24, 2.45) is 29.4 Å². The Kier molecular flexibility index (Phi) is 17.0. The molecule has 2 aliphatic carbocycles. The van der Waals surface area contributed by atoms with Crippen LogP contribution in [-0.2, 0) is 24.0 Å². The van der Waals surface area contributed by atoms with Crippen molar-refractivity contribution in [1.29, 1.82) is 0 Å². The topological polar surface area (TPSA) is 167 Å². The van der Waals surface area contributed by atoms with Crippen LogP contribution in [0.1, 0.15) is 51.4 Å². The average molecular weight is 824 g/mol. The minimum atomic E-state index is -1.69. The molecular weight excluding hydrogens is 793 g/mol. The summed E-state index contributed by atoms with van der Waals surface area (Å²) in [4.78, 5) is 66.2. The molecule has 0 aromatic rings. The third-order valence-electron chi connectivity index (χ3n) is 7.00. The molecular formula is C26H31Cl7N4O7S2. The van der Waals surface area contributed by atoms with Gasteiger partial charge in [0.2, 0.25) is 33.2 Å². The van der Waals surface area contributed by atoms with E-state index < -0.39 is 17.7 Å². The molecule has 20 heteroatoms. The fourth-order valence-corrected chi connectivity index (χ4v) is 7.59. The molecule has 4 unspecified atom stereocenters. The maximum Gasteiger partial charge on any atom is 0.402 e. The largest absolute Gasteiger partial charge is 0.465 e. The van der Waals surface area contributed by atoms with Crippen molar-refractivity contribution in [3.05, 3.63) is 24.3 Å². The van der Waals surface area contributed by atoms with E-state index in [2.05, 4.69) is 11.1 Å². The van der Waals surface area contributed by atoms with Gasteiger partial charge < -0.3 is 16.2 Å². The van der Waals surface area contributed by atoms with Crippen molar-refractivity contribution in [3.63, 3.8) is 0 Å². The SMILES string of the molecule is NC(=O)O.O=C1C2CC=CCC2C(=O)N1SC(Cl)(Cl)C(Cl)Cl.O=C1C2CC=CCC2C(=O)N1SC(Cl)(Cl)Cl.O=C1CCCCCN1. The molecule has 46 heavy (non-hydrogen) atoms. The number of carbonyl (C=O) groups excluding carboxylic acids is 5. The molecule has 0 bridgehead atoms. The highest BCUT2D eigenvalue weighted by Gasteiger charge is 2.52. The van der Waals surface area contributed by atoms with E-state index >= 15 is 0 Å². The predicted octanol–water partition coefficient (Wildman–Crippen LogP) is 6.73. The van der Waals surface area contributed by atoms with Gasteiger partial charge in [0.1, 0.15) is 0 Å². The van der Waals surface area contributed by atoms with Crippen LogP contribution in [0.2, 0.25) is 0 Å². The molecule has 3 saturated heterocycles. The molecule has 0 aromatic carbocycles. The minimum Gasteiger partial charge on any atom is -0.465 e. The van der Waals surface area contributed by atoms with Crippen molar-refractivity contribution in [2.75, 3.05) is 6.54 Å². The number of hydrogen-bond donors (Lipinski definition) is 3. The van der Waals surface area contributed by atoms with E-state index in [1.807, 2.05) is 24.3 Å². The lowest BCUT2D eigenvalue weighted by molar-refractivity contribution is -0.134. The molecule has 5 rings (SSSR count). The molecule has 0 aromatic heterocycles. The zero-order chi connectivity index (χ0) is 34.8. The van der Waals surface area contributed by atoms with Gasteiger partial charge in [-0.1, -0.05) is 88.7 Å². The van der Waals surface area contributed by atoms with Gasteiger partial charge in [0.15, 0.2) is 4.84 Å². The number of nitrogens with two attached hydrogens (primary N) is 1. The Morgan fingerprint density at radius 2 is 1.13 bits per heavy atom. The number of rotatable bonds is 4. The summed E-state index contributed by atoms with van der Waals surface area (Å²) in [7, 11) is 0. The smallest absolute Gasteiger partial charge is 0.402 e. The molecule has 11 nitrogen and oxygen atoms in total. The molecule has 0 spiro atoms. The van der Waals surface area contributed by atoms with Crippen molar-refractivity contribution >= 4 is 141 Å². The van der Waals surface area contributed by atoms with Gasteiger partial charge in [0, 0.05) is 36.9 Å².